The zero-order valence-electron chi connectivity index (χ0n) is 13.5. The summed E-state index contributed by atoms with van der Waals surface area (Å²) in [5.74, 6) is 0.557. The van der Waals surface area contributed by atoms with Crippen LogP contribution in [0.3, 0.4) is 0 Å². The Balaban J connectivity index is 1.78. The van der Waals surface area contributed by atoms with Crippen molar-refractivity contribution in [2.24, 2.45) is 11.3 Å². The van der Waals surface area contributed by atoms with E-state index in [4.69, 9.17) is 0 Å². The zero-order valence-corrected chi connectivity index (χ0v) is 13.5. The predicted octanol–water partition coefficient (Wildman–Crippen LogP) is 4.45. The summed E-state index contributed by atoms with van der Waals surface area (Å²) in [4.78, 5) is 13.3. The van der Waals surface area contributed by atoms with Crippen molar-refractivity contribution in [3.05, 3.63) is 71.8 Å². The number of Topliss-reactive ketones (excluding diaryl/α,β-unsaturated/α-hetero) is 1. The first kappa shape index (κ1) is 14.6. The van der Waals surface area contributed by atoms with E-state index in [9.17, 15) is 4.79 Å². The first-order chi connectivity index (χ1) is 11.2. The molecule has 23 heavy (non-hydrogen) atoms. The number of hydrogen-bond donors (Lipinski definition) is 1. The summed E-state index contributed by atoms with van der Waals surface area (Å²) in [6.07, 6.45) is 3.13. The lowest BCUT2D eigenvalue weighted by atomic mass is 9.59. The van der Waals surface area contributed by atoms with Crippen LogP contribution in [0.4, 0.5) is 0 Å². The minimum atomic E-state index is -0.282. The lowest BCUT2D eigenvalue weighted by Gasteiger charge is -2.51. The smallest absolute Gasteiger partial charge is 0.145 e. The van der Waals surface area contributed by atoms with Gasteiger partial charge in [-0.2, -0.15) is 0 Å². The standard InChI is InChI=1S/C21H23NO/c1-21-14-8-13-17(20(21)23)18(15-9-4-2-5-10-15)22-19(21)16-11-6-3-7-12-16/h2-7,9-12,17-19,22H,8,13-14H2,1H3. The third kappa shape index (κ3) is 2.33. The van der Waals surface area contributed by atoms with Gasteiger partial charge in [0.15, 0.2) is 0 Å². The second-order valence-electron chi connectivity index (χ2n) is 7.18. The molecule has 1 saturated heterocycles. The molecule has 1 N–H and O–H groups in total. The molecule has 2 bridgehead atoms. The first-order valence-corrected chi connectivity index (χ1v) is 8.60. The van der Waals surface area contributed by atoms with E-state index in [0.717, 1.165) is 19.3 Å². The number of benzene rings is 2. The van der Waals surface area contributed by atoms with E-state index in [2.05, 4.69) is 60.8 Å². The van der Waals surface area contributed by atoms with Gasteiger partial charge < -0.3 is 5.32 Å². The maximum absolute atomic E-state index is 13.3. The fraction of sp³-hybridized carbons (Fsp3) is 0.381. The Hall–Kier alpha value is -1.93. The van der Waals surface area contributed by atoms with Gasteiger partial charge in [0.1, 0.15) is 5.78 Å². The summed E-state index contributed by atoms with van der Waals surface area (Å²) in [6, 6.07) is 21.1. The number of hydrogen-bond acceptors (Lipinski definition) is 2. The second kappa shape index (κ2) is 5.61. The Morgan fingerprint density at radius 3 is 2.22 bits per heavy atom. The third-order valence-corrected chi connectivity index (χ3v) is 5.79. The average Bonchev–Trinajstić information content (AvgIpc) is 2.59. The van der Waals surface area contributed by atoms with E-state index in [0.29, 0.717) is 5.78 Å². The van der Waals surface area contributed by atoms with E-state index in [-0.39, 0.29) is 23.4 Å². The molecule has 0 radical (unpaired) electrons. The van der Waals surface area contributed by atoms with Crippen LogP contribution in [-0.4, -0.2) is 5.78 Å². The molecule has 1 aliphatic carbocycles. The lowest BCUT2D eigenvalue weighted by molar-refractivity contribution is -0.144. The van der Waals surface area contributed by atoms with Crippen molar-refractivity contribution in [2.45, 2.75) is 38.3 Å². The normalized spacial score (nSPS) is 33.4. The van der Waals surface area contributed by atoms with Gasteiger partial charge in [0.05, 0.1) is 0 Å². The van der Waals surface area contributed by atoms with Crippen molar-refractivity contribution < 1.29 is 4.79 Å². The molecule has 0 aromatic heterocycles. The van der Waals surface area contributed by atoms with Crippen molar-refractivity contribution in [3.63, 3.8) is 0 Å². The molecule has 2 fully saturated rings. The Labute approximate surface area is 137 Å². The minimum Gasteiger partial charge on any atom is -0.301 e. The Kier molecular flexibility index (Phi) is 3.57. The zero-order chi connectivity index (χ0) is 15.9. The number of carbonyl (C=O) groups excluding carboxylic acids is 1. The Morgan fingerprint density at radius 2 is 1.57 bits per heavy atom. The quantitative estimate of drug-likeness (QED) is 0.888. The molecule has 1 saturated carbocycles. The van der Waals surface area contributed by atoms with E-state index in [1.165, 1.54) is 11.1 Å². The molecular weight excluding hydrogens is 282 g/mol. The molecule has 2 aromatic carbocycles. The maximum atomic E-state index is 13.3. The highest BCUT2D eigenvalue weighted by Crippen LogP contribution is 2.52. The molecule has 4 atom stereocenters. The molecule has 4 unspecified atom stereocenters. The van der Waals surface area contributed by atoms with Crippen LogP contribution >= 0.6 is 0 Å². The van der Waals surface area contributed by atoms with Gasteiger partial charge in [-0.15, -0.1) is 0 Å². The van der Waals surface area contributed by atoms with Gasteiger partial charge in [0, 0.05) is 23.4 Å². The number of nitrogens with one attached hydrogen (secondary N) is 1. The van der Waals surface area contributed by atoms with E-state index < -0.39 is 0 Å². The Morgan fingerprint density at radius 1 is 0.957 bits per heavy atom. The van der Waals surface area contributed by atoms with Crippen molar-refractivity contribution in [1.82, 2.24) is 5.32 Å². The van der Waals surface area contributed by atoms with Crippen LogP contribution < -0.4 is 5.32 Å². The molecule has 1 aliphatic heterocycles. The summed E-state index contributed by atoms with van der Waals surface area (Å²) in [5.41, 5.74) is 2.18. The summed E-state index contributed by atoms with van der Waals surface area (Å²) < 4.78 is 0. The van der Waals surface area contributed by atoms with Gasteiger partial charge in [-0.1, -0.05) is 74.0 Å². The molecule has 2 aromatic rings. The lowest BCUT2D eigenvalue weighted by Crippen LogP contribution is -2.56. The van der Waals surface area contributed by atoms with E-state index in [1.807, 2.05) is 12.1 Å². The largest absolute Gasteiger partial charge is 0.301 e. The molecule has 0 amide bonds. The van der Waals surface area contributed by atoms with Crippen molar-refractivity contribution >= 4 is 5.78 Å². The van der Waals surface area contributed by atoms with Gasteiger partial charge in [-0.05, 0) is 24.0 Å². The van der Waals surface area contributed by atoms with Gasteiger partial charge in [0.25, 0.3) is 0 Å². The van der Waals surface area contributed by atoms with Crippen LogP contribution in [0.25, 0.3) is 0 Å². The highest BCUT2D eigenvalue weighted by Gasteiger charge is 2.53. The number of piperidine rings is 1. The minimum absolute atomic E-state index is 0.0953. The molecule has 0 spiro atoms. The highest BCUT2D eigenvalue weighted by molar-refractivity contribution is 5.90. The molecule has 2 heteroatoms. The number of fused-ring (bicyclic) bond motifs is 2. The number of ketones is 1. The van der Waals surface area contributed by atoms with Gasteiger partial charge in [-0.25, -0.2) is 0 Å². The van der Waals surface area contributed by atoms with E-state index in [1.54, 1.807) is 0 Å². The highest BCUT2D eigenvalue weighted by atomic mass is 16.1. The Bertz CT molecular complexity index is 696. The second-order valence-corrected chi connectivity index (χ2v) is 7.18. The van der Waals surface area contributed by atoms with Crippen molar-refractivity contribution in [2.75, 3.05) is 0 Å². The van der Waals surface area contributed by atoms with Crippen LogP contribution in [0.5, 0.6) is 0 Å². The SMILES string of the molecule is CC12CCCC(C1=O)C(c1ccccc1)NC2c1ccccc1. The maximum Gasteiger partial charge on any atom is 0.145 e. The number of carbonyl (C=O) groups is 1. The molecule has 4 rings (SSSR count). The predicted molar refractivity (Wildman–Crippen MR) is 92.0 cm³/mol. The van der Waals surface area contributed by atoms with Crippen LogP contribution in [0.2, 0.25) is 0 Å². The fourth-order valence-electron chi connectivity index (χ4n) is 4.55. The summed E-state index contributed by atoms with van der Waals surface area (Å²) in [6.45, 7) is 2.16. The molecular formula is C21H23NO. The number of rotatable bonds is 2. The monoisotopic (exact) mass is 305 g/mol. The van der Waals surface area contributed by atoms with Crippen LogP contribution in [-0.2, 0) is 4.79 Å². The van der Waals surface area contributed by atoms with Crippen molar-refractivity contribution in [3.8, 4) is 0 Å². The van der Waals surface area contributed by atoms with Crippen LogP contribution in [0.15, 0.2) is 60.7 Å². The summed E-state index contributed by atoms with van der Waals surface area (Å²) in [5, 5.41) is 3.84. The van der Waals surface area contributed by atoms with E-state index >= 15 is 0 Å². The van der Waals surface area contributed by atoms with Gasteiger partial charge in [0.2, 0.25) is 0 Å². The van der Waals surface area contributed by atoms with Crippen LogP contribution in [0.1, 0.15) is 49.4 Å². The molecule has 2 nitrogen and oxygen atoms in total. The van der Waals surface area contributed by atoms with Gasteiger partial charge >= 0.3 is 0 Å². The van der Waals surface area contributed by atoms with Crippen molar-refractivity contribution in [1.29, 1.82) is 0 Å². The first-order valence-electron chi connectivity index (χ1n) is 8.60. The molecule has 2 aliphatic rings. The van der Waals surface area contributed by atoms with Crippen LogP contribution in [0, 0.1) is 11.3 Å². The summed E-state index contributed by atoms with van der Waals surface area (Å²) >= 11 is 0. The average molecular weight is 305 g/mol. The van der Waals surface area contributed by atoms with Gasteiger partial charge in [-0.3, -0.25) is 4.79 Å². The molecule has 118 valence electrons. The molecule has 1 heterocycles. The fourth-order valence-corrected chi connectivity index (χ4v) is 4.55. The topological polar surface area (TPSA) is 29.1 Å². The summed E-state index contributed by atoms with van der Waals surface area (Å²) in [7, 11) is 0. The third-order valence-electron chi connectivity index (χ3n) is 5.79.